The number of rotatable bonds is 2. The summed E-state index contributed by atoms with van der Waals surface area (Å²) >= 11 is 1.47. The maximum atomic E-state index is 12.7. The van der Waals surface area contributed by atoms with Crippen LogP contribution in [-0.2, 0) is 11.2 Å². The number of H-pyrrole nitrogens is 1. The zero-order valence-corrected chi connectivity index (χ0v) is 14.8. The largest absolute Gasteiger partial charge is 0.361 e. The highest BCUT2D eigenvalue weighted by Crippen LogP contribution is 2.44. The molecule has 2 N–H and O–H groups in total. The van der Waals surface area contributed by atoms with Crippen LogP contribution in [0.25, 0.3) is 10.9 Å². The second-order valence-corrected chi connectivity index (χ2v) is 8.05. The fraction of sp³-hybridized carbons (Fsp3) is 0.368. The first-order chi connectivity index (χ1) is 12.2. The van der Waals surface area contributed by atoms with Crippen molar-refractivity contribution in [3.05, 3.63) is 47.1 Å². The van der Waals surface area contributed by atoms with Crippen LogP contribution in [0.15, 0.2) is 36.0 Å². The van der Waals surface area contributed by atoms with Crippen molar-refractivity contribution >= 4 is 33.3 Å². The normalized spacial score (nSPS) is 25.7. The lowest BCUT2D eigenvalue weighted by atomic mass is 9.72. The van der Waals surface area contributed by atoms with Gasteiger partial charge in [-0.3, -0.25) is 4.79 Å². The SMILES string of the molecule is CN1CC(C(=O)Nc2nccs2)C[C@@H]2c3cccc4[nH]cc(c34)C[C@H]21. The Kier molecular flexibility index (Phi) is 3.43. The van der Waals surface area contributed by atoms with E-state index < -0.39 is 0 Å². The number of aromatic amines is 1. The van der Waals surface area contributed by atoms with E-state index in [9.17, 15) is 4.79 Å². The molecule has 0 saturated carbocycles. The molecule has 25 heavy (non-hydrogen) atoms. The van der Waals surface area contributed by atoms with Crippen molar-refractivity contribution in [3.8, 4) is 0 Å². The Labute approximate surface area is 150 Å². The van der Waals surface area contributed by atoms with Gasteiger partial charge in [0, 0.05) is 47.2 Å². The van der Waals surface area contributed by atoms with Gasteiger partial charge in [0.25, 0.3) is 0 Å². The van der Waals surface area contributed by atoms with Crippen LogP contribution in [0.5, 0.6) is 0 Å². The summed E-state index contributed by atoms with van der Waals surface area (Å²) in [6, 6.07) is 6.98. The molecule has 1 aromatic carbocycles. The van der Waals surface area contributed by atoms with Gasteiger partial charge >= 0.3 is 0 Å². The van der Waals surface area contributed by atoms with E-state index in [0.717, 1.165) is 19.4 Å². The van der Waals surface area contributed by atoms with Crippen LogP contribution in [0, 0.1) is 5.92 Å². The second kappa shape index (κ2) is 5.68. The quantitative estimate of drug-likeness (QED) is 0.744. The highest BCUT2D eigenvalue weighted by Gasteiger charge is 2.41. The first-order valence-corrected chi connectivity index (χ1v) is 9.58. The number of hydrogen-bond acceptors (Lipinski definition) is 4. The number of likely N-dealkylation sites (N-methyl/N-ethyl adjacent to an activating group) is 1. The average Bonchev–Trinajstić information content (AvgIpc) is 3.27. The summed E-state index contributed by atoms with van der Waals surface area (Å²) in [6.45, 7) is 0.800. The minimum Gasteiger partial charge on any atom is -0.361 e. The second-order valence-electron chi connectivity index (χ2n) is 7.16. The molecule has 5 rings (SSSR count). The summed E-state index contributed by atoms with van der Waals surface area (Å²) in [6.07, 6.45) is 5.83. The number of thiazole rings is 1. The molecule has 0 spiro atoms. The third kappa shape index (κ3) is 2.40. The molecule has 0 bridgehead atoms. The number of hydrogen-bond donors (Lipinski definition) is 2. The molecule has 1 aliphatic heterocycles. The lowest BCUT2D eigenvalue weighted by molar-refractivity contribution is -0.122. The van der Waals surface area contributed by atoms with Gasteiger partial charge in [-0.1, -0.05) is 12.1 Å². The van der Waals surface area contributed by atoms with Gasteiger partial charge in [0.05, 0.1) is 5.92 Å². The number of nitrogens with zero attached hydrogens (tertiary/aromatic N) is 2. The maximum absolute atomic E-state index is 12.7. The number of nitrogens with one attached hydrogen (secondary N) is 2. The van der Waals surface area contributed by atoms with Crippen molar-refractivity contribution in [3.63, 3.8) is 0 Å². The predicted molar refractivity (Wildman–Crippen MR) is 100 cm³/mol. The highest BCUT2D eigenvalue weighted by atomic mass is 32.1. The van der Waals surface area contributed by atoms with Crippen LogP contribution >= 0.6 is 11.3 Å². The Morgan fingerprint density at radius 1 is 1.44 bits per heavy atom. The van der Waals surface area contributed by atoms with Gasteiger partial charge in [-0.15, -0.1) is 11.3 Å². The number of likely N-dealkylation sites (tertiary alicyclic amines) is 1. The highest BCUT2D eigenvalue weighted by molar-refractivity contribution is 7.13. The fourth-order valence-corrected chi connectivity index (χ4v) is 5.16. The summed E-state index contributed by atoms with van der Waals surface area (Å²) in [4.78, 5) is 22.7. The first kappa shape index (κ1) is 15.1. The van der Waals surface area contributed by atoms with Gasteiger partial charge in [0.1, 0.15) is 0 Å². The molecule has 3 heterocycles. The Balaban J connectivity index is 1.47. The van der Waals surface area contributed by atoms with Crippen LogP contribution in [0.4, 0.5) is 5.13 Å². The first-order valence-electron chi connectivity index (χ1n) is 8.70. The van der Waals surface area contributed by atoms with Crippen LogP contribution in [0.3, 0.4) is 0 Å². The predicted octanol–water partition coefficient (Wildman–Crippen LogP) is 3.22. The number of carbonyl (C=O) groups is 1. The summed E-state index contributed by atoms with van der Waals surface area (Å²) < 4.78 is 0. The van der Waals surface area contributed by atoms with Crippen molar-refractivity contribution in [2.24, 2.45) is 5.92 Å². The Bertz CT molecular complexity index is 932. The van der Waals surface area contributed by atoms with Crippen LogP contribution in [-0.4, -0.2) is 40.4 Å². The summed E-state index contributed by atoms with van der Waals surface area (Å²) in [5.41, 5.74) is 4.01. The zero-order valence-electron chi connectivity index (χ0n) is 14.0. The standard InChI is InChI=1S/C19H20N4OS/c1-23-10-12(18(24)22-19-20-5-6-25-19)7-14-13-3-2-4-15-17(13)11(9-21-15)8-16(14)23/h2-6,9,12,14,16,21H,7-8,10H2,1H3,(H,20,22,24)/t12?,14-,16-/m1/s1. The third-order valence-corrected chi connectivity index (χ3v) is 6.45. The number of fused-ring (bicyclic) bond motifs is 2. The lowest BCUT2D eigenvalue weighted by Crippen LogP contribution is -2.50. The molecule has 2 aromatic heterocycles. The number of anilines is 1. The van der Waals surface area contributed by atoms with E-state index in [0.29, 0.717) is 17.1 Å². The Morgan fingerprint density at radius 2 is 2.36 bits per heavy atom. The van der Waals surface area contributed by atoms with Crippen LogP contribution in [0.2, 0.25) is 0 Å². The van der Waals surface area contributed by atoms with E-state index in [1.165, 1.54) is 33.4 Å². The topological polar surface area (TPSA) is 61.0 Å². The monoisotopic (exact) mass is 352 g/mol. The fourth-order valence-electron chi connectivity index (χ4n) is 4.62. The third-order valence-electron chi connectivity index (χ3n) is 5.76. The average molecular weight is 352 g/mol. The van der Waals surface area contributed by atoms with Crippen LogP contribution in [0.1, 0.15) is 23.5 Å². The van der Waals surface area contributed by atoms with Gasteiger partial charge in [-0.2, -0.15) is 0 Å². The minimum atomic E-state index is -0.00843. The Hall–Kier alpha value is -2.18. The minimum absolute atomic E-state index is 0.00843. The summed E-state index contributed by atoms with van der Waals surface area (Å²) in [5.74, 6) is 0.482. The van der Waals surface area contributed by atoms with E-state index in [2.05, 4.69) is 51.6 Å². The lowest BCUT2D eigenvalue weighted by Gasteiger charge is -2.45. The summed E-state index contributed by atoms with van der Waals surface area (Å²) in [5, 5.41) is 6.93. The molecule has 3 aromatic rings. The van der Waals surface area contributed by atoms with Gasteiger partial charge < -0.3 is 15.2 Å². The molecule has 1 fully saturated rings. The smallest absolute Gasteiger partial charge is 0.230 e. The number of carbonyl (C=O) groups excluding carboxylic acids is 1. The van der Waals surface area contributed by atoms with Crippen molar-refractivity contribution in [1.82, 2.24) is 14.9 Å². The molecule has 1 amide bonds. The van der Waals surface area contributed by atoms with E-state index in [4.69, 9.17) is 0 Å². The molecular formula is C19H20N4OS. The maximum Gasteiger partial charge on any atom is 0.230 e. The van der Waals surface area contributed by atoms with E-state index in [1.54, 1.807) is 6.20 Å². The van der Waals surface area contributed by atoms with Gasteiger partial charge in [0.2, 0.25) is 5.91 Å². The van der Waals surface area contributed by atoms with Crippen LogP contribution < -0.4 is 5.32 Å². The molecule has 128 valence electrons. The molecule has 6 heteroatoms. The molecule has 1 unspecified atom stereocenters. The number of benzene rings is 1. The molecular weight excluding hydrogens is 332 g/mol. The zero-order chi connectivity index (χ0) is 17.0. The van der Waals surface area contributed by atoms with Crippen molar-refractivity contribution in [1.29, 1.82) is 0 Å². The molecule has 3 atom stereocenters. The molecule has 1 saturated heterocycles. The number of amides is 1. The van der Waals surface area contributed by atoms with Gasteiger partial charge in [-0.25, -0.2) is 4.98 Å². The van der Waals surface area contributed by atoms with E-state index >= 15 is 0 Å². The van der Waals surface area contributed by atoms with Crippen molar-refractivity contribution in [2.75, 3.05) is 18.9 Å². The number of piperidine rings is 1. The van der Waals surface area contributed by atoms with E-state index in [1.807, 2.05) is 5.38 Å². The Morgan fingerprint density at radius 3 is 3.20 bits per heavy atom. The summed E-state index contributed by atoms with van der Waals surface area (Å²) in [7, 11) is 2.15. The van der Waals surface area contributed by atoms with Gasteiger partial charge in [0.15, 0.2) is 5.13 Å². The molecule has 1 aliphatic carbocycles. The molecule has 0 radical (unpaired) electrons. The van der Waals surface area contributed by atoms with Crippen molar-refractivity contribution < 1.29 is 4.79 Å². The molecule has 2 aliphatic rings. The number of aromatic nitrogens is 2. The van der Waals surface area contributed by atoms with E-state index in [-0.39, 0.29) is 11.8 Å². The van der Waals surface area contributed by atoms with Gasteiger partial charge in [-0.05, 0) is 37.1 Å². The van der Waals surface area contributed by atoms with Crippen molar-refractivity contribution in [2.45, 2.75) is 24.8 Å². The molecule has 5 nitrogen and oxygen atoms in total.